The Morgan fingerprint density at radius 1 is 1.56 bits per heavy atom. The standard InChI is InChI=1S/C13H17N3OS/c1-9-8-18-6-5-16(9)7-12-15-13-10(14)3-2-4-11(13)17-12/h2-4,9H,5-8,14H2,1H3. The van der Waals surface area contributed by atoms with Gasteiger partial charge in [0, 0.05) is 24.1 Å². The summed E-state index contributed by atoms with van der Waals surface area (Å²) in [5.74, 6) is 3.14. The minimum absolute atomic E-state index is 0.580. The van der Waals surface area contributed by atoms with E-state index in [4.69, 9.17) is 10.2 Å². The van der Waals surface area contributed by atoms with Crippen molar-refractivity contribution in [3.63, 3.8) is 0 Å². The summed E-state index contributed by atoms with van der Waals surface area (Å²) in [7, 11) is 0. The van der Waals surface area contributed by atoms with Crippen LogP contribution < -0.4 is 5.73 Å². The normalized spacial score (nSPS) is 21.5. The molecule has 0 radical (unpaired) electrons. The highest BCUT2D eigenvalue weighted by atomic mass is 32.2. The van der Waals surface area contributed by atoms with Gasteiger partial charge >= 0.3 is 0 Å². The predicted octanol–water partition coefficient (Wildman–Crippen LogP) is 2.35. The summed E-state index contributed by atoms with van der Waals surface area (Å²) in [5.41, 5.74) is 8.14. The first-order valence-electron chi connectivity index (χ1n) is 6.20. The molecule has 1 aliphatic rings. The number of hydrogen-bond donors (Lipinski definition) is 1. The maximum atomic E-state index is 5.89. The molecule has 1 aromatic heterocycles. The molecule has 1 saturated heterocycles. The summed E-state index contributed by atoms with van der Waals surface area (Å²) in [6, 6.07) is 6.25. The van der Waals surface area contributed by atoms with Crippen LogP contribution in [-0.4, -0.2) is 34.0 Å². The van der Waals surface area contributed by atoms with Crippen LogP contribution in [0.4, 0.5) is 5.69 Å². The Morgan fingerprint density at radius 3 is 3.22 bits per heavy atom. The first-order chi connectivity index (χ1) is 8.74. The Balaban J connectivity index is 1.84. The van der Waals surface area contributed by atoms with E-state index in [9.17, 15) is 0 Å². The minimum atomic E-state index is 0.580. The van der Waals surface area contributed by atoms with E-state index in [0.717, 1.165) is 30.1 Å². The maximum Gasteiger partial charge on any atom is 0.209 e. The second-order valence-electron chi connectivity index (χ2n) is 4.70. The molecule has 1 aromatic carbocycles. The summed E-state index contributed by atoms with van der Waals surface area (Å²) in [5, 5.41) is 0. The van der Waals surface area contributed by atoms with Gasteiger partial charge in [0.05, 0.1) is 12.2 Å². The molecule has 3 rings (SSSR count). The van der Waals surface area contributed by atoms with E-state index in [1.165, 1.54) is 11.5 Å². The smallest absolute Gasteiger partial charge is 0.209 e. The summed E-state index contributed by atoms with van der Waals surface area (Å²) in [6.07, 6.45) is 0. The molecule has 18 heavy (non-hydrogen) atoms. The van der Waals surface area contributed by atoms with E-state index in [1.807, 2.05) is 30.0 Å². The highest BCUT2D eigenvalue weighted by Gasteiger charge is 2.20. The van der Waals surface area contributed by atoms with E-state index in [1.54, 1.807) is 0 Å². The lowest BCUT2D eigenvalue weighted by atomic mass is 10.3. The van der Waals surface area contributed by atoms with Crippen LogP contribution in [0.1, 0.15) is 12.8 Å². The van der Waals surface area contributed by atoms with Gasteiger partial charge in [-0.2, -0.15) is 11.8 Å². The van der Waals surface area contributed by atoms with Crippen LogP contribution in [-0.2, 0) is 6.54 Å². The molecule has 0 saturated carbocycles. The van der Waals surface area contributed by atoms with Crippen molar-refractivity contribution in [2.24, 2.45) is 0 Å². The Bertz CT molecular complexity index is 554. The maximum absolute atomic E-state index is 5.89. The first kappa shape index (κ1) is 11.9. The van der Waals surface area contributed by atoms with Gasteiger partial charge in [-0.1, -0.05) is 6.07 Å². The Labute approximate surface area is 111 Å². The van der Waals surface area contributed by atoms with E-state index in [2.05, 4.69) is 16.8 Å². The molecule has 1 fully saturated rings. The van der Waals surface area contributed by atoms with Crippen molar-refractivity contribution >= 4 is 28.5 Å². The van der Waals surface area contributed by atoms with Gasteiger partial charge in [0.2, 0.25) is 5.89 Å². The first-order valence-corrected chi connectivity index (χ1v) is 7.35. The minimum Gasteiger partial charge on any atom is -0.439 e. The number of anilines is 1. The highest BCUT2D eigenvalue weighted by Crippen LogP contribution is 2.23. The Morgan fingerprint density at radius 2 is 2.44 bits per heavy atom. The van der Waals surface area contributed by atoms with Crippen molar-refractivity contribution < 1.29 is 4.42 Å². The van der Waals surface area contributed by atoms with Crippen molar-refractivity contribution in [3.8, 4) is 0 Å². The van der Waals surface area contributed by atoms with Gasteiger partial charge < -0.3 is 10.2 Å². The topological polar surface area (TPSA) is 55.3 Å². The Hall–Kier alpha value is -1.20. The summed E-state index contributed by atoms with van der Waals surface area (Å²) in [4.78, 5) is 6.91. The average Bonchev–Trinajstić information content (AvgIpc) is 2.76. The zero-order chi connectivity index (χ0) is 12.5. The lowest BCUT2D eigenvalue weighted by Gasteiger charge is -2.31. The lowest BCUT2D eigenvalue weighted by Crippen LogP contribution is -2.39. The number of nitrogens with two attached hydrogens (primary N) is 1. The summed E-state index contributed by atoms with van der Waals surface area (Å²) >= 11 is 2.01. The molecule has 2 aromatic rings. The van der Waals surface area contributed by atoms with Crippen LogP contribution in [0.15, 0.2) is 22.6 Å². The number of rotatable bonds is 2. The van der Waals surface area contributed by atoms with Crippen molar-refractivity contribution in [3.05, 3.63) is 24.1 Å². The molecule has 0 amide bonds. The summed E-state index contributed by atoms with van der Waals surface area (Å²) in [6.45, 7) is 4.12. The zero-order valence-electron chi connectivity index (χ0n) is 10.4. The fourth-order valence-corrected chi connectivity index (χ4v) is 3.34. The van der Waals surface area contributed by atoms with Crippen molar-refractivity contribution in [1.29, 1.82) is 0 Å². The van der Waals surface area contributed by atoms with Gasteiger partial charge in [0.15, 0.2) is 5.58 Å². The second kappa shape index (κ2) is 4.82. The number of oxazole rings is 1. The second-order valence-corrected chi connectivity index (χ2v) is 5.85. The fourth-order valence-electron chi connectivity index (χ4n) is 2.25. The number of thioether (sulfide) groups is 1. The van der Waals surface area contributed by atoms with Gasteiger partial charge in [-0.05, 0) is 19.1 Å². The van der Waals surface area contributed by atoms with Crippen molar-refractivity contribution in [2.75, 3.05) is 23.8 Å². The van der Waals surface area contributed by atoms with Crippen molar-refractivity contribution in [2.45, 2.75) is 19.5 Å². The van der Waals surface area contributed by atoms with Crippen LogP contribution in [0.25, 0.3) is 11.1 Å². The van der Waals surface area contributed by atoms with Gasteiger partial charge in [-0.25, -0.2) is 4.98 Å². The van der Waals surface area contributed by atoms with Gasteiger partial charge in [0.1, 0.15) is 5.52 Å². The number of nitrogen functional groups attached to an aromatic ring is 1. The van der Waals surface area contributed by atoms with Crippen LogP contribution >= 0.6 is 11.8 Å². The largest absolute Gasteiger partial charge is 0.439 e. The molecule has 1 unspecified atom stereocenters. The van der Waals surface area contributed by atoms with Crippen LogP contribution in [0.5, 0.6) is 0 Å². The number of nitrogens with zero attached hydrogens (tertiary/aromatic N) is 2. The predicted molar refractivity (Wildman–Crippen MR) is 75.6 cm³/mol. The molecule has 1 aliphatic heterocycles. The summed E-state index contributed by atoms with van der Waals surface area (Å²) < 4.78 is 5.76. The molecule has 1 atom stereocenters. The number of fused-ring (bicyclic) bond motifs is 1. The highest BCUT2D eigenvalue weighted by molar-refractivity contribution is 7.99. The average molecular weight is 263 g/mol. The molecular formula is C13H17N3OS. The third kappa shape index (κ3) is 2.20. The molecule has 0 bridgehead atoms. The monoisotopic (exact) mass is 263 g/mol. The van der Waals surface area contributed by atoms with E-state index in [0.29, 0.717) is 11.7 Å². The molecule has 2 N–H and O–H groups in total. The van der Waals surface area contributed by atoms with Crippen LogP contribution in [0.3, 0.4) is 0 Å². The Kier molecular flexibility index (Phi) is 3.18. The van der Waals surface area contributed by atoms with Crippen molar-refractivity contribution in [1.82, 2.24) is 9.88 Å². The quantitative estimate of drug-likeness (QED) is 0.843. The van der Waals surface area contributed by atoms with E-state index >= 15 is 0 Å². The third-order valence-electron chi connectivity index (χ3n) is 3.34. The molecule has 96 valence electrons. The molecule has 2 heterocycles. The molecule has 0 spiro atoms. The van der Waals surface area contributed by atoms with E-state index in [-0.39, 0.29) is 0 Å². The molecule has 0 aliphatic carbocycles. The SMILES string of the molecule is CC1CSCCN1Cc1nc2c(N)cccc2o1. The number of aromatic nitrogens is 1. The van der Waals surface area contributed by atoms with Gasteiger partial charge in [-0.3, -0.25) is 4.90 Å². The number of para-hydroxylation sites is 1. The molecular weight excluding hydrogens is 246 g/mol. The van der Waals surface area contributed by atoms with Crippen LogP contribution in [0, 0.1) is 0 Å². The molecule has 4 nitrogen and oxygen atoms in total. The number of hydrogen-bond acceptors (Lipinski definition) is 5. The van der Waals surface area contributed by atoms with Gasteiger partial charge in [-0.15, -0.1) is 0 Å². The third-order valence-corrected chi connectivity index (χ3v) is 4.53. The van der Waals surface area contributed by atoms with Gasteiger partial charge in [0.25, 0.3) is 0 Å². The van der Waals surface area contributed by atoms with E-state index < -0.39 is 0 Å². The lowest BCUT2D eigenvalue weighted by molar-refractivity contribution is 0.204. The zero-order valence-corrected chi connectivity index (χ0v) is 11.2. The van der Waals surface area contributed by atoms with Crippen LogP contribution in [0.2, 0.25) is 0 Å². The molecule has 5 heteroatoms. The fraction of sp³-hybridized carbons (Fsp3) is 0.462. The number of benzene rings is 1.